The van der Waals surface area contributed by atoms with Crippen LogP contribution in [-0.2, 0) is 14.3 Å². The third-order valence-electron chi connectivity index (χ3n) is 4.97. The number of carbonyl (C=O) groups excluding carboxylic acids is 2. The molecule has 3 rings (SSSR count). The molecule has 0 unspecified atom stereocenters. The Balaban J connectivity index is 1.44. The van der Waals surface area contributed by atoms with Crippen molar-refractivity contribution in [3.63, 3.8) is 0 Å². The minimum atomic E-state index is -0.831. The molecule has 1 fully saturated rings. The number of fused-ring (bicyclic) bond motifs is 1. The minimum Gasteiger partial charge on any atom is -0.486 e. The standard InChI is InChI=1S/C20H27NO5/c1-14(26-19(22)10-7-15-5-3-2-4-6-15)20(23)21-16-8-9-17-18(13-16)25-12-11-24-17/h8-9,13-15H,2-7,10-12H2,1H3,(H,21,23)/t14-/m1/s1. The predicted octanol–water partition coefficient (Wildman–Crippen LogP) is 3.69. The normalized spacial score (nSPS) is 18.0. The number of nitrogens with one attached hydrogen (secondary N) is 1. The van der Waals surface area contributed by atoms with E-state index in [-0.39, 0.29) is 11.9 Å². The molecule has 1 amide bonds. The third kappa shape index (κ3) is 5.13. The molecule has 1 aromatic rings. The molecule has 6 nitrogen and oxygen atoms in total. The molecule has 0 aromatic heterocycles. The van der Waals surface area contributed by atoms with Crippen molar-refractivity contribution in [1.29, 1.82) is 0 Å². The van der Waals surface area contributed by atoms with Gasteiger partial charge in [0.05, 0.1) is 0 Å². The fourth-order valence-electron chi connectivity index (χ4n) is 3.47. The highest BCUT2D eigenvalue weighted by Crippen LogP contribution is 2.32. The van der Waals surface area contributed by atoms with Crippen LogP contribution in [0, 0.1) is 5.92 Å². The van der Waals surface area contributed by atoms with Crippen molar-refractivity contribution in [2.24, 2.45) is 5.92 Å². The van der Waals surface area contributed by atoms with Gasteiger partial charge in [-0.25, -0.2) is 0 Å². The summed E-state index contributed by atoms with van der Waals surface area (Å²) in [6.45, 7) is 2.60. The van der Waals surface area contributed by atoms with E-state index in [9.17, 15) is 9.59 Å². The van der Waals surface area contributed by atoms with Gasteiger partial charge in [0.15, 0.2) is 17.6 Å². The molecule has 6 heteroatoms. The summed E-state index contributed by atoms with van der Waals surface area (Å²) in [4.78, 5) is 24.3. The summed E-state index contributed by atoms with van der Waals surface area (Å²) in [6, 6.07) is 5.21. The van der Waals surface area contributed by atoms with Crippen molar-refractivity contribution in [3.05, 3.63) is 18.2 Å². The molecule has 0 spiro atoms. The minimum absolute atomic E-state index is 0.305. The zero-order chi connectivity index (χ0) is 18.4. The van der Waals surface area contributed by atoms with Gasteiger partial charge in [0.25, 0.3) is 5.91 Å². The maximum atomic E-state index is 12.3. The maximum absolute atomic E-state index is 12.3. The first-order chi connectivity index (χ1) is 12.6. The van der Waals surface area contributed by atoms with Crippen molar-refractivity contribution >= 4 is 17.6 Å². The Kier molecular flexibility index (Phi) is 6.36. The lowest BCUT2D eigenvalue weighted by molar-refractivity contribution is -0.153. The monoisotopic (exact) mass is 361 g/mol. The molecule has 26 heavy (non-hydrogen) atoms. The molecule has 1 atom stereocenters. The lowest BCUT2D eigenvalue weighted by Gasteiger charge is -2.21. The lowest BCUT2D eigenvalue weighted by atomic mass is 9.86. The molecule has 0 saturated heterocycles. The lowest BCUT2D eigenvalue weighted by Crippen LogP contribution is -2.30. The van der Waals surface area contributed by atoms with Gasteiger partial charge in [-0.05, 0) is 31.4 Å². The van der Waals surface area contributed by atoms with Crippen LogP contribution in [-0.4, -0.2) is 31.2 Å². The summed E-state index contributed by atoms with van der Waals surface area (Å²) in [5.41, 5.74) is 0.587. The van der Waals surface area contributed by atoms with E-state index in [1.165, 1.54) is 32.1 Å². The van der Waals surface area contributed by atoms with Gasteiger partial charge in [0, 0.05) is 18.2 Å². The quantitative estimate of drug-likeness (QED) is 0.782. The topological polar surface area (TPSA) is 73.9 Å². The highest BCUT2D eigenvalue weighted by Gasteiger charge is 2.21. The first-order valence-corrected chi connectivity index (χ1v) is 9.52. The fourth-order valence-corrected chi connectivity index (χ4v) is 3.47. The van der Waals surface area contributed by atoms with Gasteiger partial charge in [-0.2, -0.15) is 0 Å². The van der Waals surface area contributed by atoms with Gasteiger partial charge in [-0.3, -0.25) is 9.59 Å². The molecular formula is C20H27NO5. The van der Waals surface area contributed by atoms with Gasteiger partial charge in [-0.15, -0.1) is 0 Å². The van der Waals surface area contributed by atoms with Gasteiger partial charge >= 0.3 is 5.97 Å². The van der Waals surface area contributed by atoms with Crippen LogP contribution in [0.4, 0.5) is 5.69 Å². The summed E-state index contributed by atoms with van der Waals surface area (Å²) in [7, 11) is 0. The number of ether oxygens (including phenoxy) is 3. The van der Waals surface area contributed by atoms with Crippen LogP contribution in [0.2, 0.25) is 0 Å². The average molecular weight is 361 g/mol. The van der Waals surface area contributed by atoms with Gasteiger partial charge in [0.1, 0.15) is 13.2 Å². The highest BCUT2D eigenvalue weighted by molar-refractivity contribution is 5.95. The second-order valence-corrected chi connectivity index (χ2v) is 7.02. The zero-order valence-corrected chi connectivity index (χ0v) is 15.3. The summed E-state index contributed by atoms with van der Waals surface area (Å²) < 4.78 is 16.2. The Hall–Kier alpha value is -2.24. The molecule has 1 aliphatic carbocycles. The molecule has 0 radical (unpaired) electrons. The molecule has 1 aromatic carbocycles. The number of hydrogen-bond donors (Lipinski definition) is 1. The first-order valence-electron chi connectivity index (χ1n) is 9.52. The molecule has 1 aliphatic heterocycles. The number of rotatable bonds is 6. The average Bonchev–Trinajstić information content (AvgIpc) is 2.67. The molecule has 1 N–H and O–H groups in total. The smallest absolute Gasteiger partial charge is 0.306 e. The third-order valence-corrected chi connectivity index (χ3v) is 4.97. The van der Waals surface area contributed by atoms with E-state index < -0.39 is 6.10 Å². The maximum Gasteiger partial charge on any atom is 0.306 e. The van der Waals surface area contributed by atoms with Crippen LogP contribution >= 0.6 is 0 Å². The number of carbonyl (C=O) groups is 2. The number of amides is 1. The van der Waals surface area contributed by atoms with Gasteiger partial charge < -0.3 is 19.5 Å². The molecule has 2 aliphatic rings. The Morgan fingerprint density at radius 1 is 1.15 bits per heavy atom. The Morgan fingerprint density at radius 2 is 1.88 bits per heavy atom. The highest BCUT2D eigenvalue weighted by atomic mass is 16.6. The second-order valence-electron chi connectivity index (χ2n) is 7.02. The summed E-state index contributed by atoms with van der Waals surface area (Å²) in [6.07, 6.45) is 6.63. The molecule has 1 heterocycles. The van der Waals surface area contributed by atoms with E-state index in [0.717, 1.165) is 6.42 Å². The van der Waals surface area contributed by atoms with E-state index >= 15 is 0 Å². The van der Waals surface area contributed by atoms with Crippen LogP contribution in [0.25, 0.3) is 0 Å². The number of anilines is 1. The summed E-state index contributed by atoms with van der Waals surface area (Å²) in [5.74, 6) is 1.23. The van der Waals surface area contributed by atoms with E-state index in [4.69, 9.17) is 14.2 Å². The van der Waals surface area contributed by atoms with Gasteiger partial charge in [0.2, 0.25) is 0 Å². The zero-order valence-electron chi connectivity index (χ0n) is 15.3. The second kappa shape index (κ2) is 8.92. The summed E-state index contributed by atoms with van der Waals surface area (Å²) in [5, 5.41) is 2.75. The van der Waals surface area contributed by atoms with E-state index in [1.807, 2.05) is 0 Å². The number of hydrogen-bond acceptors (Lipinski definition) is 5. The Morgan fingerprint density at radius 3 is 2.65 bits per heavy atom. The van der Waals surface area contributed by atoms with Crippen LogP contribution in [0.15, 0.2) is 18.2 Å². The number of benzene rings is 1. The largest absolute Gasteiger partial charge is 0.486 e. The van der Waals surface area contributed by atoms with Crippen molar-refractivity contribution in [2.75, 3.05) is 18.5 Å². The van der Waals surface area contributed by atoms with Crippen molar-refractivity contribution in [3.8, 4) is 11.5 Å². The van der Waals surface area contributed by atoms with Crippen LogP contribution in [0.1, 0.15) is 51.9 Å². The summed E-state index contributed by atoms with van der Waals surface area (Å²) >= 11 is 0. The Bertz CT molecular complexity index is 639. The van der Waals surface area contributed by atoms with Crippen LogP contribution < -0.4 is 14.8 Å². The SMILES string of the molecule is C[C@@H](OC(=O)CCC1CCCCC1)C(=O)Nc1ccc2c(c1)OCCO2. The van der Waals surface area contributed by atoms with E-state index in [2.05, 4.69) is 5.32 Å². The predicted molar refractivity (Wildman–Crippen MR) is 97.4 cm³/mol. The Labute approximate surface area is 154 Å². The van der Waals surface area contributed by atoms with E-state index in [0.29, 0.717) is 42.7 Å². The molecule has 1 saturated carbocycles. The number of esters is 1. The van der Waals surface area contributed by atoms with Crippen LogP contribution in [0.3, 0.4) is 0 Å². The van der Waals surface area contributed by atoms with Crippen molar-refractivity contribution in [2.45, 2.75) is 58.0 Å². The van der Waals surface area contributed by atoms with Crippen LogP contribution in [0.5, 0.6) is 11.5 Å². The van der Waals surface area contributed by atoms with Crippen molar-refractivity contribution < 1.29 is 23.8 Å². The van der Waals surface area contributed by atoms with Gasteiger partial charge in [-0.1, -0.05) is 32.1 Å². The first kappa shape index (κ1) is 18.5. The molecule has 0 bridgehead atoms. The molecular weight excluding hydrogens is 334 g/mol. The van der Waals surface area contributed by atoms with E-state index in [1.54, 1.807) is 25.1 Å². The fraction of sp³-hybridized carbons (Fsp3) is 0.600. The molecule has 142 valence electrons. The van der Waals surface area contributed by atoms with Crippen molar-refractivity contribution in [1.82, 2.24) is 0 Å².